The van der Waals surface area contributed by atoms with Gasteiger partial charge in [0.15, 0.2) is 11.4 Å². The number of aromatic nitrogens is 2. The molecule has 0 fully saturated rings. The molecular weight excluding hydrogens is 347 g/mol. The summed E-state index contributed by atoms with van der Waals surface area (Å²) in [5.41, 5.74) is 2.13. The molecule has 0 radical (unpaired) electrons. The molecule has 0 bridgehead atoms. The first kappa shape index (κ1) is 18.7. The van der Waals surface area contributed by atoms with Crippen LogP contribution in [0.4, 0.5) is 4.39 Å². The van der Waals surface area contributed by atoms with Crippen LogP contribution >= 0.6 is 0 Å². The van der Waals surface area contributed by atoms with Crippen molar-refractivity contribution in [2.24, 2.45) is 0 Å². The van der Waals surface area contributed by atoms with E-state index in [0.29, 0.717) is 30.4 Å². The van der Waals surface area contributed by atoms with E-state index in [1.807, 2.05) is 25.1 Å². The van der Waals surface area contributed by atoms with E-state index in [1.165, 1.54) is 18.3 Å². The highest BCUT2D eigenvalue weighted by Gasteiger charge is 2.16. The number of nitrogens with zero attached hydrogens (tertiary/aromatic N) is 3. The van der Waals surface area contributed by atoms with Gasteiger partial charge in [-0.25, -0.2) is 9.37 Å². The van der Waals surface area contributed by atoms with Crippen LogP contribution in [0.3, 0.4) is 0 Å². The minimum atomic E-state index is -0.437. The highest BCUT2D eigenvalue weighted by Crippen LogP contribution is 2.26. The number of fused-ring (bicyclic) bond motifs is 1. The molecule has 2 heterocycles. The molecule has 140 valence electrons. The Kier molecular flexibility index (Phi) is 5.61. The second-order valence-corrected chi connectivity index (χ2v) is 6.60. The van der Waals surface area contributed by atoms with Gasteiger partial charge in [-0.15, -0.1) is 0 Å². The van der Waals surface area contributed by atoms with Crippen molar-refractivity contribution in [2.45, 2.75) is 6.42 Å². The van der Waals surface area contributed by atoms with Gasteiger partial charge < -0.3 is 15.3 Å². The molecule has 1 amide bonds. The van der Waals surface area contributed by atoms with Gasteiger partial charge in [-0.05, 0) is 49.8 Å². The first-order chi connectivity index (χ1) is 12.9. The number of hydrogen-bond donors (Lipinski definition) is 2. The van der Waals surface area contributed by atoms with Crippen molar-refractivity contribution in [3.63, 3.8) is 0 Å². The Morgan fingerprint density at radius 3 is 2.59 bits per heavy atom. The third-order valence-corrected chi connectivity index (χ3v) is 4.14. The van der Waals surface area contributed by atoms with Crippen molar-refractivity contribution in [1.29, 1.82) is 0 Å². The highest BCUT2D eigenvalue weighted by atomic mass is 19.1. The molecule has 0 saturated heterocycles. The number of likely N-dealkylation sites (N-methyl/N-ethyl adjacent to an activating group) is 1. The third-order valence-electron chi connectivity index (χ3n) is 4.14. The smallest absolute Gasteiger partial charge is 0.273 e. The van der Waals surface area contributed by atoms with Gasteiger partial charge in [-0.1, -0.05) is 12.1 Å². The zero-order valence-corrected chi connectivity index (χ0v) is 15.2. The molecule has 0 aliphatic heterocycles. The maximum Gasteiger partial charge on any atom is 0.273 e. The van der Waals surface area contributed by atoms with Gasteiger partial charge in [0.25, 0.3) is 5.91 Å². The van der Waals surface area contributed by atoms with Crippen LogP contribution in [0.15, 0.2) is 42.7 Å². The lowest BCUT2D eigenvalue weighted by Crippen LogP contribution is -2.31. The van der Waals surface area contributed by atoms with Gasteiger partial charge in [-0.3, -0.25) is 9.78 Å². The number of hydrogen-bond acceptors (Lipinski definition) is 5. The second-order valence-electron chi connectivity index (χ2n) is 6.60. The molecule has 0 atom stereocenters. The highest BCUT2D eigenvalue weighted by molar-refractivity contribution is 6.00. The van der Waals surface area contributed by atoms with E-state index in [4.69, 9.17) is 0 Å². The zero-order chi connectivity index (χ0) is 19.4. The van der Waals surface area contributed by atoms with Crippen LogP contribution in [0, 0.1) is 5.82 Å². The first-order valence-electron chi connectivity index (χ1n) is 8.58. The van der Waals surface area contributed by atoms with E-state index in [-0.39, 0.29) is 17.3 Å². The summed E-state index contributed by atoms with van der Waals surface area (Å²) in [6.07, 6.45) is 3.74. The fraction of sp³-hybridized carbons (Fsp3) is 0.250. The van der Waals surface area contributed by atoms with Crippen molar-refractivity contribution >= 4 is 16.8 Å². The summed E-state index contributed by atoms with van der Waals surface area (Å²) < 4.78 is 13.0. The van der Waals surface area contributed by atoms with E-state index in [9.17, 15) is 14.3 Å². The molecule has 6 nitrogen and oxygen atoms in total. The Balaban J connectivity index is 1.80. The summed E-state index contributed by atoms with van der Waals surface area (Å²) in [4.78, 5) is 22.6. The minimum Gasteiger partial charge on any atom is -0.504 e. The van der Waals surface area contributed by atoms with Crippen molar-refractivity contribution in [3.8, 4) is 5.75 Å². The molecule has 0 spiro atoms. The van der Waals surface area contributed by atoms with E-state index >= 15 is 0 Å². The van der Waals surface area contributed by atoms with Crippen molar-refractivity contribution in [1.82, 2.24) is 20.2 Å². The molecule has 2 N–H and O–H groups in total. The molecule has 7 heteroatoms. The molecule has 27 heavy (non-hydrogen) atoms. The van der Waals surface area contributed by atoms with Crippen LogP contribution in [0.5, 0.6) is 5.75 Å². The van der Waals surface area contributed by atoms with Gasteiger partial charge in [-0.2, -0.15) is 0 Å². The minimum absolute atomic E-state index is 0.0416. The van der Waals surface area contributed by atoms with Gasteiger partial charge in [0.05, 0.1) is 0 Å². The van der Waals surface area contributed by atoms with Crippen LogP contribution in [0.2, 0.25) is 0 Å². The lowest BCUT2D eigenvalue weighted by molar-refractivity contribution is 0.0943. The predicted octanol–water partition coefficient (Wildman–Crippen LogP) is 2.36. The van der Waals surface area contributed by atoms with Crippen LogP contribution in [0.1, 0.15) is 21.6 Å². The fourth-order valence-electron chi connectivity index (χ4n) is 2.71. The Morgan fingerprint density at radius 2 is 1.89 bits per heavy atom. The Hall–Kier alpha value is -3.06. The summed E-state index contributed by atoms with van der Waals surface area (Å²) in [6.45, 7) is 1.14. The molecule has 1 aromatic carbocycles. The van der Waals surface area contributed by atoms with Gasteiger partial charge in [0, 0.05) is 30.9 Å². The van der Waals surface area contributed by atoms with Crippen LogP contribution in [-0.2, 0) is 6.42 Å². The largest absolute Gasteiger partial charge is 0.504 e. The lowest BCUT2D eigenvalue weighted by Gasteiger charge is -2.11. The number of benzene rings is 1. The molecule has 0 aliphatic rings. The van der Waals surface area contributed by atoms with Crippen molar-refractivity contribution in [3.05, 3.63) is 65.4 Å². The number of amides is 1. The number of nitrogens with one attached hydrogen (secondary N) is 1. The average molecular weight is 368 g/mol. The third kappa shape index (κ3) is 4.57. The summed E-state index contributed by atoms with van der Waals surface area (Å²) in [6, 6.07) is 8.12. The topological polar surface area (TPSA) is 78.4 Å². The lowest BCUT2D eigenvalue weighted by atomic mass is 10.0. The number of rotatable bonds is 6. The number of pyridine rings is 2. The van der Waals surface area contributed by atoms with Crippen LogP contribution in [0.25, 0.3) is 10.9 Å². The predicted molar refractivity (Wildman–Crippen MR) is 101 cm³/mol. The molecule has 3 rings (SSSR count). The van der Waals surface area contributed by atoms with E-state index < -0.39 is 5.91 Å². The van der Waals surface area contributed by atoms with Gasteiger partial charge in [0.2, 0.25) is 0 Å². The normalized spacial score (nSPS) is 11.1. The average Bonchev–Trinajstić information content (AvgIpc) is 2.63. The van der Waals surface area contributed by atoms with Crippen molar-refractivity contribution in [2.75, 3.05) is 27.2 Å². The monoisotopic (exact) mass is 368 g/mol. The van der Waals surface area contributed by atoms with E-state index in [2.05, 4.69) is 15.3 Å². The van der Waals surface area contributed by atoms with Crippen LogP contribution < -0.4 is 5.32 Å². The number of halogens is 1. The van der Waals surface area contributed by atoms with Crippen LogP contribution in [-0.4, -0.2) is 53.1 Å². The molecule has 0 unspecified atom stereocenters. The number of carbonyl (C=O) groups excluding carboxylic acids is 1. The second kappa shape index (κ2) is 8.09. The Bertz CT molecular complexity index is 958. The molecule has 3 aromatic rings. The Morgan fingerprint density at radius 1 is 1.15 bits per heavy atom. The number of aromatic hydroxyl groups is 1. The van der Waals surface area contributed by atoms with Gasteiger partial charge in [0.1, 0.15) is 11.3 Å². The zero-order valence-electron chi connectivity index (χ0n) is 15.2. The molecule has 0 aliphatic carbocycles. The van der Waals surface area contributed by atoms with E-state index in [0.717, 1.165) is 11.1 Å². The SMILES string of the molecule is CN(C)CCNC(=O)c1ncc2cc(Cc3ccc(F)cc3)cnc2c1O. The molecule has 0 saturated carbocycles. The maximum atomic E-state index is 13.0. The first-order valence-corrected chi connectivity index (χ1v) is 8.58. The van der Waals surface area contributed by atoms with E-state index in [1.54, 1.807) is 18.3 Å². The molecular formula is C20H21FN4O2. The maximum absolute atomic E-state index is 13.0. The number of carbonyl (C=O) groups is 1. The van der Waals surface area contributed by atoms with Crippen molar-refractivity contribution < 1.29 is 14.3 Å². The van der Waals surface area contributed by atoms with Gasteiger partial charge >= 0.3 is 0 Å². The summed E-state index contributed by atoms with van der Waals surface area (Å²) in [7, 11) is 3.82. The molecule has 2 aromatic heterocycles. The standard InChI is InChI=1S/C20H21FN4O2/c1-25(2)8-7-22-20(27)18-19(26)17-15(12-24-18)10-14(11-23-17)9-13-3-5-16(21)6-4-13/h3-6,10-12,26H,7-9H2,1-2H3,(H,22,27). The quantitative estimate of drug-likeness (QED) is 0.698. The summed E-state index contributed by atoms with van der Waals surface area (Å²) >= 11 is 0. The summed E-state index contributed by atoms with van der Waals surface area (Å²) in [5, 5.41) is 13.8. The Labute approximate surface area is 156 Å². The summed E-state index contributed by atoms with van der Waals surface area (Å²) in [5.74, 6) is -0.947. The fourth-order valence-corrected chi connectivity index (χ4v) is 2.71.